The van der Waals surface area contributed by atoms with Crippen LogP contribution in [0.2, 0.25) is 5.02 Å². The first kappa shape index (κ1) is 16.1. The van der Waals surface area contributed by atoms with Crippen molar-refractivity contribution in [2.24, 2.45) is 0 Å². The Hall–Kier alpha value is -1.30. The smallest absolute Gasteiger partial charge is 0.162 e. The van der Waals surface area contributed by atoms with Crippen LogP contribution >= 0.6 is 22.9 Å². The molecule has 0 radical (unpaired) electrons. The average Bonchev–Trinajstić information content (AvgIpc) is 2.96. The molecule has 0 fully saturated rings. The van der Waals surface area contributed by atoms with Gasteiger partial charge in [-0.3, -0.25) is 0 Å². The van der Waals surface area contributed by atoms with Crippen molar-refractivity contribution in [3.05, 3.63) is 38.8 Å². The standard InChI is InChI=1S/C15H19ClN2O2S/c1-4-12-8-18-15(21-12)9(2)17-7-10-5-11(16)6-13(20-3)14(10)19/h5-6,8-9,17,19H,4,7H2,1-3H3. The van der Waals surface area contributed by atoms with E-state index in [0.29, 0.717) is 22.9 Å². The second-order valence-electron chi connectivity index (χ2n) is 4.74. The average molecular weight is 327 g/mol. The highest BCUT2D eigenvalue weighted by molar-refractivity contribution is 7.11. The number of aromatic hydroxyl groups is 1. The largest absolute Gasteiger partial charge is 0.504 e. The van der Waals surface area contributed by atoms with Gasteiger partial charge >= 0.3 is 0 Å². The molecule has 0 bridgehead atoms. The molecule has 1 aromatic carbocycles. The maximum absolute atomic E-state index is 10.1. The van der Waals surface area contributed by atoms with Crippen LogP contribution in [0.4, 0.5) is 0 Å². The van der Waals surface area contributed by atoms with Gasteiger partial charge in [0.25, 0.3) is 0 Å². The van der Waals surface area contributed by atoms with Gasteiger partial charge in [-0.1, -0.05) is 18.5 Å². The van der Waals surface area contributed by atoms with Crippen LogP contribution in [0.1, 0.15) is 35.3 Å². The Morgan fingerprint density at radius 3 is 2.86 bits per heavy atom. The minimum absolute atomic E-state index is 0.111. The van der Waals surface area contributed by atoms with E-state index in [-0.39, 0.29) is 11.8 Å². The fraction of sp³-hybridized carbons (Fsp3) is 0.400. The molecule has 4 nitrogen and oxygen atoms in total. The summed E-state index contributed by atoms with van der Waals surface area (Å²) >= 11 is 7.73. The van der Waals surface area contributed by atoms with Crippen molar-refractivity contribution in [2.45, 2.75) is 32.9 Å². The van der Waals surface area contributed by atoms with Gasteiger partial charge in [-0.25, -0.2) is 4.98 Å². The third kappa shape index (κ3) is 3.87. The highest BCUT2D eigenvalue weighted by Gasteiger charge is 2.13. The van der Waals surface area contributed by atoms with E-state index in [9.17, 15) is 5.11 Å². The van der Waals surface area contributed by atoms with Crippen molar-refractivity contribution in [3.63, 3.8) is 0 Å². The topological polar surface area (TPSA) is 54.4 Å². The molecule has 0 amide bonds. The molecule has 1 unspecified atom stereocenters. The SMILES string of the molecule is CCc1cnc(C(C)NCc2cc(Cl)cc(OC)c2O)s1. The van der Waals surface area contributed by atoms with Gasteiger partial charge < -0.3 is 15.2 Å². The number of halogens is 1. The quantitative estimate of drug-likeness (QED) is 0.844. The van der Waals surface area contributed by atoms with Crippen molar-refractivity contribution >= 4 is 22.9 Å². The summed E-state index contributed by atoms with van der Waals surface area (Å²) in [7, 11) is 1.51. The molecule has 2 N–H and O–H groups in total. The molecule has 0 saturated carbocycles. The summed E-state index contributed by atoms with van der Waals surface area (Å²) < 4.78 is 5.10. The van der Waals surface area contributed by atoms with Crippen molar-refractivity contribution < 1.29 is 9.84 Å². The van der Waals surface area contributed by atoms with Gasteiger partial charge in [0.15, 0.2) is 11.5 Å². The molecule has 1 heterocycles. The van der Waals surface area contributed by atoms with Crippen LogP contribution in [-0.2, 0) is 13.0 Å². The van der Waals surface area contributed by atoms with E-state index in [1.807, 2.05) is 6.20 Å². The molecule has 0 aliphatic rings. The van der Waals surface area contributed by atoms with Crippen molar-refractivity contribution in [3.8, 4) is 11.5 Å². The van der Waals surface area contributed by atoms with Gasteiger partial charge in [-0.2, -0.15) is 0 Å². The molecule has 0 aliphatic carbocycles. The first-order valence-electron chi connectivity index (χ1n) is 6.78. The number of benzene rings is 1. The van der Waals surface area contributed by atoms with Crippen LogP contribution in [0.15, 0.2) is 18.3 Å². The van der Waals surface area contributed by atoms with Crippen LogP contribution in [-0.4, -0.2) is 17.2 Å². The summed E-state index contributed by atoms with van der Waals surface area (Å²) in [5.74, 6) is 0.504. The number of ether oxygens (including phenoxy) is 1. The van der Waals surface area contributed by atoms with Crippen molar-refractivity contribution in [1.29, 1.82) is 0 Å². The van der Waals surface area contributed by atoms with Crippen LogP contribution < -0.4 is 10.1 Å². The Morgan fingerprint density at radius 2 is 2.24 bits per heavy atom. The van der Waals surface area contributed by atoms with Gasteiger partial charge in [-0.05, 0) is 19.4 Å². The first-order chi connectivity index (χ1) is 10.0. The Kier molecular flexibility index (Phi) is 5.45. The van der Waals surface area contributed by atoms with E-state index in [4.69, 9.17) is 16.3 Å². The maximum Gasteiger partial charge on any atom is 0.162 e. The summed E-state index contributed by atoms with van der Waals surface area (Å²) in [6, 6.07) is 3.44. The molecule has 2 aromatic rings. The van der Waals surface area contributed by atoms with E-state index in [0.717, 1.165) is 11.4 Å². The number of rotatable bonds is 6. The first-order valence-corrected chi connectivity index (χ1v) is 7.98. The van der Waals surface area contributed by atoms with E-state index < -0.39 is 0 Å². The molecule has 21 heavy (non-hydrogen) atoms. The number of methoxy groups -OCH3 is 1. The molecule has 114 valence electrons. The van der Waals surface area contributed by atoms with Crippen LogP contribution in [0.3, 0.4) is 0 Å². The molecule has 1 atom stereocenters. The highest BCUT2D eigenvalue weighted by Crippen LogP contribution is 2.33. The van der Waals surface area contributed by atoms with Gasteiger partial charge in [0.2, 0.25) is 0 Å². The molecule has 0 saturated heterocycles. The lowest BCUT2D eigenvalue weighted by atomic mass is 10.1. The number of phenols is 1. The van der Waals surface area contributed by atoms with E-state index in [2.05, 4.69) is 24.1 Å². The van der Waals surface area contributed by atoms with E-state index in [1.54, 1.807) is 23.5 Å². The summed E-state index contributed by atoms with van der Waals surface area (Å²) in [6.07, 6.45) is 2.91. The van der Waals surface area contributed by atoms with Crippen molar-refractivity contribution in [2.75, 3.05) is 7.11 Å². The Bertz CT molecular complexity index is 616. The molecule has 1 aromatic heterocycles. The zero-order chi connectivity index (χ0) is 15.4. The fourth-order valence-corrected chi connectivity index (χ4v) is 3.07. The van der Waals surface area contributed by atoms with E-state index >= 15 is 0 Å². The molecule has 2 rings (SSSR count). The second-order valence-corrected chi connectivity index (χ2v) is 6.32. The third-order valence-corrected chi connectivity index (χ3v) is 4.77. The molecular weight excluding hydrogens is 308 g/mol. The monoisotopic (exact) mass is 326 g/mol. The molecule has 6 heteroatoms. The predicted octanol–water partition coefficient (Wildman–Crippen LogP) is 3.92. The van der Waals surface area contributed by atoms with Gasteiger partial charge in [-0.15, -0.1) is 11.3 Å². The Morgan fingerprint density at radius 1 is 1.48 bits per heavy atom. The van der Waals surface area contributed by atoms with Crippen LogP contribution in [0, 0.1) is 0 Å². The van der Waals surface area contributed by atoms with Crippen LogP contribution in [0.25, 0.3) is 0 Å². The predicted molar refractivity (Wildman–Crippen MR) is 86.4 cm³/mol. The second kappa shape index (κ2) is 7.11. The highest BCUT2D eigenvalue weighted by atomic mass is 35.5. The lowest BCUT2D eigenvalue weighted by molar-refractivity contribution is 0.369. The number of hydrogen-bond donors (Lipinski definition) is 2. The number of aryl methyl sites for hydroxylation is 1. The molecule has 0 aliphatic heterocycles. The van der Waals surface area contributed by atoms with Gasteiger partial charge in [0, 0.05) is 34.3 Å². The maximum atomic E-state index is 10.1. The van der Waals surface area contributed by atoms with Gasteiger partial charge in [0.1, 0.15) is 5.01 Å². The number of nitrogens with one attached hydrogen (secondary N) is 1. The normalized spacial score (nSPS) is 12.4. The third-order valence-electron chi connectivity index (χ3n) is 3.23. The van der Waals surface area contributed by atoms with Gasteiger partial charge in [0.05, 0.1) is 13.2 Å². The number of aromatic nitrogens is 1. The number of phenolic OH excluding ortho intramolecular Hbond substituents is 1. The fourth-order valence-electron chi connectivity index (χ4n) is 1.96. The minimum atomic E-state index is 0.111. The van der Waals surface area contributed by atoms with Crippen LogP contribution in [0.5, 0.6) is 11.5 Å². The number of nitrogens with zero attached hydrogens (tertiary/aromatic N) is 1. The molecular formula is C15H19ClN2O2S. The van der Waals surface area contributed by atoms with Crippen molar-refractivity contribution in [1.82, 2.24) is 10.3 Å². The summed E-state index contributed by atoms with van der Waals surface area (Å²) in [4.78, 5) is 5.69. The number of hydrogen-bond acceptors (Lipinski definition) is 5. The number of thiazole rings is 1. The van der Waals surface area contributed by atoms with E-state index in [1.165, 1.54) is 12.0 Å². The Balaban J connectivity index is 2.07. The summed E-state index contributed by atoms with van der Waals surface area (Å²) in [5, 5.41) is 15.0. The summed E-state index contributed by atoms with van der Waals surface area (Å²) in [6.45, 7) is 4.66. The Labute approximate surface area is 133 Å². The zero-order valence-electron chi connectivity index (χ0n) is 12.3. The molecule has 0 spiro atoms. The summed E-state index contributed by atoms with van der Waals surface area (Å²) in [5.41, 5.74) is 0.707. The lowest BCUT2D eigenvalue weighted by Crippen LogP contribution is -2.18. The minimum Gasteiger partial charge on any atom is -0.504 e. The lowest BCUT2D eigenvalue weighted by Gasteiger charge is -2.14. The zero-order valence-corrected chi connectivity index (χ0v) is 13.9.